The summed E-state index contributed by atoms with van der Waals surface area (Å²) >= 11 is 0. The first kappa shape index (κ1) is 15.5. The highest BCUT2D eigenvalue weighted by Crippen LogP contribution is 2.27. The Morgan fingerprint density at radius 1 is 1.21 bits per heavy atom. The minimum atomic E-state index is -4.72. The van der Waals surface area contributed by atoms with Crippen LogP contribution in [0.25, 0.3) is 0 Å². The molecule has 0 aliphatic rings. The molecule has 7 heteroatoms. The van der Waals surface area contributed by atoms with Gasteiger partial charge in [0.1, 0.15) is 5.69 Å². The fraction of sp³-hybridized carbons (Fsp3) is 0.667. The van der Waals surface area contributed by atoms with Crippen molar-refractivity contribution in [2.24, 2.45) is 7.05 Å². The largest absolute Gasteiger partial charge is 0.431 e. The molecule has 4 nitrogen and oxygen atoms in total. The molecule has 1 aromatic heterocycles. The number of aromatic nitrogens is 2. The minimum Gasteiger partial charge on any atom is -0.292 e. The molecule has 1 aromatic rings. The normalized spacial score (nSPS) is 12.8. The quantitative estimate of drug-likeness (QED) is 0.850. The summed E-state index contributed by atoms with van der Waals surface area (Å²) in [6.07, 6.45) is -3.49. The maximum absolute atomic E-state index is 12.7. The van der Waals surface area contributed by atoms with Gasteiger partial charge in [-0.25, -0.2) is 4.79 Å². The molecule has 0 saturated carbocycles. The molecule has 0 radical (unpaired) electrons. The van der Waals surface area contributed by atoms with Gasteiger partial charge < -0.3 is 0 Å². The van der Waals surface area contributed by atoms with Crippen LogP contribution >= 0.6 is 0 Å². The van der Waals surface area contributed by atoms with Crippen molar-refractivity contribution < 1.29 is 13.2 Å². The number of hydrogen-bond acceptors (Lipinski definition) is 2. The predicted octanol–water partition coefficient (Wildman–Crippen LogP) is 2.10. The van der Waals surface area contributed by atoms with Crippen LogP contribution in [0.4, 0.5) is 13.2 Å². The van der Waals surface area contributed by atoms with E-state index in [2.05, 4.69) is 0 Å². The summed E-state index contributed by atoms with van der Waals surface area (Å²) in [5, 5.41) is 0. The second kappa shape index (κ2) is 4.86. The highest BCUT2D eigenvalue weighted by molar-refractivity contribution is 5.07. The van der Waals surface area contributed by atoms with Crippen molar-refractivity contribution in [3.63, 3.8) is 0 Å². The number of nitrogens with zero attached hydrogens (tertiary/aromatic N) is 2. The van der Waals surface area contributed by atoms with Crippen LogP contribution in [0, 0.1) is 0 Å². The second-order valence-corrected chi connectivity index (χ2v) is 5.11. The van der Waals surface area contributed by atoms with Crippen molar-refractivity contribution in [3.8, 4) is 0 Å². The summed E-state index contributed by atoms with van der Waals surface area (Å²) in [5.41, 5.74) is -3.91. The third-order valence-corrected chi connectivity index (χ3v) is 3.08. The molecule has 0 spiro atoms. The molecular weight excluding hydrogens is 261 g/mol. The van der Waals surface area contributed by atoms with Crippen LogP contribution in [0.3, 0.4) is 0 Å². The van der Waals surface area contributed by atoms with E-state index in [9.17, 15) is 22.8 Å². The Balaban J connectivity index is 3.62. The van der Waals surface area contributed by atoms with Gasteiger partial charge in [-0.3, -0.25) is 13.9 Å². The van der Waals surface area contributed by atoms with Gasteiger partial charge in [0.05, 0.1) is 0 Å². The molecule has 1 heterocycles. The fourth-order valence-corrected chi connectivity index (χ4v) is 2.18. The van der Waals surface area contributed by atoms with E-state index in [1.165, 1.54) is 0 Å². The SMILES string of the molecule is CCCC(C)(C)n1c(=O)cc(C(F)(F)F)n(C)c1=O. The summed E-state index contributed by atoms with van der Waals surface area (Å²) in [4.78, 5) is 23.8. The smallest absolute Gasteiger partial charge is 0.292 e. The van der Waals surface area contributed by atoms with Gasteiger partial charge in [0.25, 0.3) is 5.56 Å². The number of alkyl halides is 3. The molecular formula is C12H17F3N2O2. The van der Waals surface area contributed by atoms with Crippen LogP contribution in [0.15, 0.2) is 15.7 Å². The van der Waals surface area contributed by atoms with Crippen molar-refractivity contribution in [1.29, 1.82) is 0 Å². The molecule has 0 fully saturated rings. The average molecular weight is 278 g/mol. The van der Waals surface area contributed by atoms with Crippen LogP contribution < -0.4 is 11.2 Å². The maximum atomic E-state index is 12.7. The molecule has 0 aliphatic heterocycles. The van der Waals surface area contributed by atoms with E-state index >= 15 is 0 Å². The van der Waals surface area contributed by atoms with Crippen molar-refractivity contribution in [3.05, 3.63) is 32.6 Å². The lowest BCUT2D eigenvalue weighted by Gasteiger charge is -2.27. The lowest BCUT2D eigenvalue weighted by molar-refractivity contribution is -0.144. The third kappa shape index (κ3) is 2.90. The van der Waals surface area contributed by atoms with Gasteiger partial charge in [-0.1, -0.05) is 13.3 Å². The Bertz CT molecular complexity index is 582. The monoisotopic (exact) mass is 278 g/mol. The highest BCUT2D eigenvalue weighted by atomic mass is 19.4. The van der Waals surface area contributed by atoms with E-state index in [4.69, 9.17) is 0 Å². The molecule has 0 unspecified atom stereocenters. The minimum absolute atomic E-state index is 0.471. The summed E-state index contributed by atoms with van der Waals surface area (Å²) < 4.78 is 39.4. The van der Waals surface area contributed by atoms with E-state index in [0.717, 1.165) is 11.6 Å². The van der Waals surface area contributed by atoms with E-state index in [1.807, 2.05) is 6.92 Å². The Hall–Kier alpha value is -1.53. The van der Waals surface area contributed by atoms with Crippen LogP contribution in [0.2, 0.25) is 0 Å². The van der Waals surface area contributed by atoms with Gasteiger partial charge in [0.15, 0.2) is 0 Å². The summed E-state index contributed by atoms with van der Waals surface area (Å²) in [5.74, 6) is 0. The molecule has 19 heavy (non-hydrogen) atoms. The average Bonchev–Trinajstić information content (AvgIpc) is 2.21. The van der Waals surface area contributed by atoms with Crippen molar-refractivity contribution >= 4 is 0 Å². The first-order valence-corrected chi connectivity index (χ1v) is 5.93. The molecule has 108 valence electrons. The van der Waals surface area contributed by atoms with E-state index in [-0.39, 0.29) is 0 Å². The molecule has 0 atom stereocenters. The van der Waals surface area contributed by atoms with Gasteiger partial charge in [0.2, 0.25) is 0 Å². The van der Waals surface area contributed by atoms with Gasteiger partial charge in [-0.05, 0) is 20.3 Å². The highest BCUT2D eigenvalue weighted by Gasteiger charge is 2.36. The molecule has 0 saturated heterocycles. The van der Waals surface area contributed by atoms with Crippen LogP contribution in [-0.4, -0.2) is 9.13 Å². The number of rotatable bonds is 3. The van der Waals surface area contributed by atoms with Crippen molar-refractivity contribution in [2.75, 3.05) is 0 Å². The van der Waals surface area contributed by atoms with Crippen molar-refractivity contribution in [2.45, 2.75) is 45.3 Å². The molecule has 0 amide bonds. The Kier molecular flexibility index (Phi) is 3.97. The lowest BCUT2D eigenvalue weighted by atomic mass is 9.98. The molecule has 0 N–H and O–H groups in total. The zero-order valence-corrected chi connectivity index (χ0v) is 11.3. The first-order chi connectivity index (χ1) is 8.52. The second-order valence-electron chi connectivity index (χ2n) is 5.11. The zero-order chi connectivity index (χ0) is 15.0. The number of halogens is 3. The molecule has 1 rings (SSSR count). The molecule has 0 aliphatic carbocycles. The van der Waals surface area contributed by atoms with Crippen LogP contribution in [-0.2, 0) is 18.8 Å². The predicted molar refractivity (Wildman–Crippen MR) is 65.2 cm³/mol. The van der Waals surface area contributed by atoms with Crippen molar-refractivity contribution in [1.82, 2.24) is 9.13 Å². The lowest BCUT2D eigenvalue weighted by Crippen LogP contribution is -2.49. The van der Waals surface area contributed by atoms with Gasteiger partial charge in [0, 0.05) is 18.7 Å². The van der Waals surface area contributed by atoms with Gasteiger partial charge in [-0.2, -0.15) is 13.2 Å². The standard InChI is InChI=1S/C12H17F3N2O2/c1-5-6-11(2,3)17-9(18)7-8(12(13,14)15)16(4)10(17)19/h7H,5-6H2,1-4H3. The molecule has 0 bridgehead atoms. The topological polar surface area (TPSA) is 44.0 Å². The first-order valence-electron chi connectivity index (χ1n) is 5.93. The van der Waals surface area contributed by atoms with Crippen LogP contribution in [0.5, 0.6) is 0 Å². The third-order valence-electron chi connectivity index (χ3n) is 3.08. The van der Waals surface area contributed by atoms with Gasteiger partial charge >= 0.3 is 11.9 Å². The zero-order valence-electron chi connectivity index (χ0n) is 11.3. The van der Waals surface area contributed by atoms with E-state index in [1.54, 1.807) is 13.8 Å². The molecule has 0 aromatic carbocycles. The Morgan fingerprint density at radius 3 is 2.16 bits per heavy atom. The summed E-state index contributed by atoms with van der Waals surface area (Å²) in [7, 11) is 1.02. The Labute approximate surface area is 108 Å². The van der Waals surface area contributed by atoms with E-state index < -0.39 is 28.7 Å². The fourth-order valence-electron chi connectivity index (χ4n) is 2.18. The maximum Gasteiger partial charge on any atom is 0.431 e. The summed E-state index contributed by atoms with van der Waals surface area (Å²) in [6, 6.07) is 0.471. The summed E-state index contributed by atoms with van der Waals surface area (Å²) in [6.45, 7) is 5.19. The van der Waals surface area contributed by atoms with E-state index in [0.29, 0.717) is 23.5 Å². The Morgan fingerprint density at radius 2 is 1.74 bits per heavy atom. The van der Waals surface area contributed by atoms with Gasteiger partial charge in [-0.15, -0.1) is 0 Å². The van der Waals surface area contributed by atoms with Crippen LogP contribution in [0.1, 0.15) is 39.3 Å². The number of hydrogen-bond donors (Lipinski definition) is 0.